The fraction of sp³-hybridized carbons (Fsp3) is 0.625. The molecule has 0 radical (unpaired) electrons. The summed E-state index contributed by atoms with van der Waals surface area (Å²) in [4.78, 5) is 2.19. The van der Waals surface area contributed by atoms with Gasteiger partial charge in [0.15, 0.2) is 0 Å². The minimum atomic E-state index is 0. The first-order valence-corrected chi connectivity index (χ1v) is 3.65. The SMILES string of the molecule is C=CN1[CH-]CCCCC1.[Cu+]. The minimum absolute atomic E-state index is 0. The second kappa shape index (κ2) is 5.82. The molecule has 0 N–H and O–H groups in total. The fourth-order valence-electron chi connectivity index (χ4n) is 1.13. The number of likely N-dealkylation sites (tertiary alicyclic amines) is 1. The Morgan fingerprint density at radius 2 is 2.10 bits per heavy atom. The number of rotatable bonds is 1. The molecular weight excluding hydrogens is 174 g/mol. The largest absolute Gasteiger partial charge is 1.00 e. The van der Waals surface area contributed by atoms with Gasteiger partial charge in [-0.3, -0.25) is 0 Å². The van der Waals surface area contributed by atoms with Crippen LogP contribution < -0.4 is 0 Å². The van der Waals surface area contributed by atoms with Gasteiger partial charge in [-0.25, -0.2) is 6.54 Å². The first kappa shape index (κ1) is 10.1. The van der Waals surface area contributed by atoms with E-state index in [1.807, 2.05) is 6.20 Å². The summed E-state index contributed by atoms with van der Waals surface area (Å²) in [6.45, 7) is 7.13. The third-order valence-electron chi connectivity index (χ3n) is 1.72. The van der Waals surface area contributed by atoms with E-state index in [1.54, 1.807) is 0 Å². The van der Waals surface area contributed by atoms with Gasteiger partial charge in [0.05, 0.1) is 0 Å². The molecule has 2 heteroatoms. The Hall–Kier alpha value is 0.0595. The number of hydrogen-bond donors (Lipinski definition) is 0. The van der Waals surface area contributed by atoms with Crippen molar-refractivity contribution >= 4 is 0 Å². The van der Waals surface area contributed by atoms with Crippen LogP contribution in [-0.4, -0.2) is 11.4 Å². The first-order chi connectivity index (χ1) is 4.43. The van der Waals surface area contributed by atoms with Crippen LogP contribution in [0.4, 0.5) is 0 Å². The maximum Gasteiger partial charge on any atom is 1.00 e. The van der Waals surface area contributed by atoms with Gasteiger partial charge in [0, 0.05) is 0 Å². The molecule has 0 atom stereocenters. The van der Waals surface area contributed by atoms with Gasteiger partial charge in [-0.15, -0.1) is 0 Å². The van der Waals surface area contributed by atoms with E-state index >= 15 is 0 Å². The van der Waals surface area contributed by atoms with Gasteiger partial charge >= 0.3 is 17.1 Å². The van der Waals surface area contributed by atoms with Crippen molar-refractivity contribution in [3.05, 3.63) is 19.3 Å². The summed E-state index contributed by atoms with van der Waals surface area (Å²) in [5.74, 6) is 0. The third-order valence-corrected chi connectivity index (χ3v) is 1.72. The van der Waals surface area contributed by atoms with E-state index < -0.39 is 0 Å². The topological polar surface area (TPSA) is 3.24 Å². The van der Waals surface area contributed by atoms with Crippen LogP contribution in [0.3, 0.4) is 0 Å². The maximum atomic E-state index is 3.72. The molecule has 0 amide bonds. The molecular formula is C8H14CuN. The van der Waals surface area contributed by atoms with Crippen LogP contribution in [-0.2, 0) is 17.1 Å². The van der Waals surface area contributed by atoms with Crippen molar-refractivity contribution in [2.24, 2.45) is 0 Å². The Kier molecular flexibility index (Phi) is 5.85. The standard InChI is InChI=1S/C8H14N.Cu/c1-2-9-7-5-3-4-6-8-9;/h2,7H,1,3-6,8H2;/q-1;+1. The molecule has 0 aromatic carbocycles. The summed E-state index contributed by atoms with van der Waals surface area (Å²) in [5.41, 5.74) is 0. The van der Waals surface area contributed by atoms with Crippen molar-refractivity contribution < 1.29 is 17.1 Å². The molecule has 1 aliphatic rings. The van der Waals surface area contributed by atoms with Gasteiger partial charge in [0.25, 0.3) is 0 Å². The molecule has 0 aliphatic carbocycles. The summed E-state index contributed by atoms with van der Waals surface area (Å²) < 4.78 is 0. The summed E-state index contributed by atoms with van der Waals surface area (Å²) in [7, 11) is 0. The van der Waals surface area contributed by atoms with Gasteiger partial charge in [0.1, 0.15) is 0 Å². The van der Waals surface area contributed by atoms with E-state index in [9.17, 15) is 0 Å². The number of nitrogens with zero attached hydrogens (tertiary/aromatic N) is 1. The van der Waals surface area contributed by atoms with Gasteiger partial charge in [-0.05, 0) is 19.2 Å². The van der Waals surface area contributed by atoms with Gasteiger partial charge < -0.3 is 4.90 Å². The van der Waals surface area contributed by atoms with Crippen molar-refractivity contribution in [2.45, 2.75) is 25.7 Å². The fourth-order valence-corrected chi connectivity index (χ4v) is 1.13. The van der Waals surface area contributed by atoms with E-state index in [-0.39, 0.29) is 17.1 Å². The average Bonchev–Trinajstić information content (AvgIpc) is 2.13. The van der Waals surface area contributed by atoms with Crippen molar-refractivity contribution in [3.63, 3.8) is 0 Å². The molecule has 0 spiro atoms. The van der Waals surface area contributed by atoms with Crippen molar-refractivity contribution in [1.29, 1.82) is 0 Å². The Morgan fingerprint density at radius 1 is 1.30 bits per heavy atom. The van der Waals surface area contributed by atoms with Crippen LogP contribution in [0, 0.1) is 6.54 Å². The van der Waals surface area contributed by atoms with Gasteiger partial charge in [0.2, 0.25) is 0 Å². The average molecular weight is 188 g/mol. The second-order valence-electron chi connectivity index (χ2n) is 2.45. The molecule has 0 aromatic heterocycles. The zero-order chi connectivity index (χ0) is 6.53. The Balaban J connectivity index is 0.000000810. The molecule has 1 heterocycles. The molecule has 1 fully saturated rings. The Labute approximate surface area is 74.0 Å². The maximum absolute atomic E-state index is 3.72. The van der Waals surface area contributed by atoms with Crippen LogP contribution in [0.1, 0.15) is 25.7 Å². The quantitative estimate of drug-likeness (QED) is 0.449. The Morgan fingerprint density at radius 3 is 2.80 bits per heavy atom. The molecule has 1 rings (SSSR count). The molecule has 62 valence electrons. The molecule has 0 unspecified atom stereocenters. The van der Waals surface area contributed by atoms with Crippen LogP contribution in [0.15, 0.2) is 12.8 Å². The summed E-state index contributed by atoms with van der Waals surface area (Å²) in [5, 5.41) is 0. The van der Waals surface area contributed by atoms with E-state index in [1.165, 1.54) is 32.2 Å². The molecule has 0 saturated carbocycles. The number of hydrogen-bond acceptors (Lipinski definition) is 1. The predicted octanol–water partition coefficient (Wildman–Crippen LogP) is 2.17. The zero-order valence-electron chi connectivity index (χ0n) is 6.15. The van der Waals surface area contributed by atoms with Crippen LogP contribution in [0.25, 0.3) is 0 Å². The van der Waals surface area contributed by atoms with E-state index in [4.69, 9.17) is 0 Å². The monoisotopic (exact) mass is 187 g/mol. The van der Waals surface area contributed by atoms with E-state index in [0.717, 1.165) is 0 Å². The summed E-state index contributed by atoms with van der Waals surface area (Å²) in [6.07, 6.45) is 7.19. The Bertz CT molecular complexity index is 85.3. The van der Waals surface area contributed by atoms with Gasteiger partial charge in [-0.1, -0.05) is 19.4 Å². The van der Waals surface area contributed by atoms with Crippen molar-refractivity contribution in [1.82, 2.24) is 4.90 Å². The normalized spacial score (nSPS) is 19.0. The smallest absolute Gasteiger partial charge is 0.529 e. The molecule has 0 bridgehead atoms. The molecule has 10 heavy (non-hydrogen) atoms. The third kappa shape index (κ3) is 3.28. The molecule has 1 saturated heterocycles. The molecule has 0 aromatic rings. The predicted molar refractivity (Wildman–Crippen MR) is 39.7 cm³/mol. The van der Waals surface area contributed by atoms with Crippen LogP contribution in [0.2, 0.25) is 0 Å². The molecule has 1 aliphatic heterocycles. The minimum Gasteiger partial charge on any atom is -0.529 e. The second-order valence-corrected chi connectivity index (χ2v) is 2.45. The van der Waals surface area contributed by atoms with Gasteiger partial charge in [-0.2, -0.15) is 6.42 Å². The summed E-state index contributed by atoms with van der Waals surface area (Å²) in [6, 6.07) is 0. The first-order valence-electron chi connectivity index (χ1n) is 3.65. The van der Waals surface area contributed by atoms with Crippen molar-refractivity contribution in [2.75, 3.05) is 6.54 Å². The van der Waals surface area contributed by atoms with Crippen molar-refractivity contribution in [3.8, 4) is 0 Å². The molecule has 1 nitrogen and oxygen atoms in total. The van der Waals surface area contributed by atoms with Crippen LogP contribution in [0.5, 0.6) is 0 Å². The zero-order valence-corrected chi connectivity index (χ0v) is 7.09. The van der Waals surface area contributed by atoms with Crippen LogP contribution >= 0.6 is 0 Å². The summed E-state index contributed by atoms with van der Waals surface area (Å²) >= 11 is 0. The van der Waals surface area contributed by atoms with E-state index in [2.05, 4.69) is 18.0 Å². The van der Waals surface area contributed by atoms with E-state index in [0.29, 0.717) is 0 Å².